The molecule has 0 aromatic heterocycles. The minimum Gasteiger partial charge on any atom is -1.00 e. The minimum atomic E-state index is -4.65. The first-order valence-electron chi connectivity index (χ1n) is 22.1. The van der Waals surface area contributed by atoms with E-state index in [0.29, 0.717) is 20.8 Å². The Labute approximate surface area is 399 Å². The van der Waals surface area contributed by atoms with Crippen LogP contribution in [0.4, 0.5) is 26.3 Å². The number of alkyl halides is 6. The van der Waals surface area contributed by atoms with Crippen molar-refractivity contribution in [2.24, 2.45) is 11.3 Å². The molecule has 346 valence electrons. The Morgan fingerprint density at radius 2 is 1.02 bits per heavy atom. The molecule has 0 radical (unpaired) electrons. The first-order valence-corrected chi connectivity index (χ1v) is 25.8. The van der Waals surface area contributed by atoms with E-state index < -0.39 is 50.2 Å². The maximum absolute atomic E-state index is 14.8. The van der Waals surface area contributed by atoms with Gasteiger partial charge in [0, 0.05) is 0 Å². The van der Waals surface area contributed by atoms with E-state index in [4.69, 9.17) is 0 Å². The Balaban J connectivity index is 0.00000449. The molecular weight excluding hydrogens is 937 g/mol. The predicted octanol–water partition coefficient (Wildman–Crippen LogP) is 9.90. The zero-order valence-corrected chi connectivity index (χ0v) is 44.5. The molecule has 0 fully saturated rings. The van der Waals surface area contributed by atoms with Crippen LogP contribution in [0.15, 0.2) is 87.7 Å². The number of hydrogen-bond acceptors (Lipinski definition) is 0. The molecule has 0 saturated carbocycles. The third-order valence-electron chi connectivity index (χ3n) is 12.7. The Morgan fingerprint density at radius 1 is 0.562 bits per heavy atom. The minimum absolute atomic E-state index is 0. The number of hydrogen-bond donors (Lipinski definition) is 0. The maximum Gasteiger partial charge on any atom is -1.00 e. The van der Waals surface area contributed by atoms with Crippen LogP contribution in [-0.2, 0) is 61.7 Å². The predicted molar refractivity (Wildman–Crippen MR) is 245 cm³/mol. The van der Waals surface area contributed by atoms with Crippen LogP contribution in [-0.4, -0.2) is 3.21 Å². The van der Waals surface area contributed by atoms with Crippen LogP contribution >= 0.6 is 0 Å². The fourth-order valence-corrected chi connectivity index (χ4v) is 19.3. The van der Waals surface area contributed by atoms with Crippen LogP contribution in [0.3, 0.4) is 0 Å². The van der Waals surface area contributed by atoms with Crippen LogP contribution in [0, 0.1) is 11.3 Å². The van der Waals surface area contributed by atoms with E-state index in [-0.39, 0.29) is 52.4 Å². The second-order valence-corrected chi connectivity index (χ2v) is 28.5. The Bertz CT molecular complexity index is 2450. The molecule has 0 saturated heterocycles. The largest absolute Gasteiger partial charge is 1.00 e. The Kier molecular flexibility index (Phi) is 15.2. The van der Waals surface area contributed by atoms with Crippen molar-refractivity contribution >= 4 is 6.48 Å². The zero-order chi connectivity index (χ0) is 46.5. The van der Waals surface area contributed by atoms with Crippen molar-refractivity contribution in [3.05, 3.63) is 143 Å². The average Bonchev–Trinajstić information content (AvgIpc) is 3.72. The summed E-state index contributed by atoms with van der Waals surface area (Å²) in [5.74, 6) is -0.0317. The fourth-order valence-electron chi connectivity index (χ4n) is 9.53. The summed E-state index contributed by atoms with van der Waals surface area (Å²) >= 11 is -4.04. The van der Waals surface area contributed by atoms with Gasteiger partial charge < -0.3 is 24.8 Å². The number of rotatable bonds is 5. The normalized spacial score (nSPS) is 15.6. The van der Waals surface area contributed by atoms with Crippen LogP contribution in [0.5, 0.6) is 0 Å². The smallest absolute Gasteiger partial charge is 1.00 e. The molecule has 1 atom stereocenters. The number of allylic oxidation sites excluding steroid dienone is 4. The van der Waals surface area contributed by atoms with Gasteiger partial charge in [-0.2, -0.15) is 0 Å². The Hall–Kier alpha value is -2.73. The summed E-state index contributed by atoms with van der Waals surface area (Å²) in [5, 5.41) is 0. The molecule has 2 aliphatic rings. The standard InChI is InChI=1S/C29H41.C15H8F6.C11H17.2ClH.Zr/c1-26(2,3)22-14-18-13-19-15-23(27(4,5)6)25(29(10,11)12)17-21(19)20(18)16-24(22)28(7,8)9;16-14(17,18)12-5-1-3-10(8-12)7-11-4-2-6-13(9-11)15(19,20)21;1-5-9-6-7-10(8-9)11(2,3)4;;;/h14,16-17H,13H2,1-12H3;1-6,8-9H;7-9H,5H2,1-4H3;2*1H;/q;;;;;+2/p-2. The van der Waals surface area contributed by atoms with Crippen molar-refractivity contribution in [2.45, 2.75) is 158 Å². The van der Waals surface area contributed by atoms with Gasteiger partial charge in [-0.25, -0.2) is 0 Å². The monoisotopic (exact) mass is 1000 g/mol. The molecule has 0 N–H and O–H groups in total. The third kappa shape index (κ3) is 10.7. The van der Waals surface area contributed by atoms with Gasteiger partial charge in [0.1, 0.15) is 0 Å². The summed E-state index contributed by atoms with van der Waals surface area (Å²) in [4.78, 5) is 0. The molecule has 6 rings (SSSR count). The summed E-state index contributed by atoms with van der Waals surface area (Å²) in [6, 6.07) is 17.9. The SMILES string of the molecule is CCC1C=C(C(C)(C)C)C=[C]1[Zr+2](=[C](c1cccc(C(F)(F)F)c1)c1cccc(C(F)(F)F)c1)[c]1c2c(cc(C(C)(C)C)c1C(C)(C)C)-c1cc(C(C)(C)C)c(C(C)(C)C)cc1C2.[Cl-].[Cl-]. The van der Waals surface area contributed by atoms with E-state index in [9.17, 15) is 26.3 Å². The molecule has 4 aromatic rings. The van der Waals surface area contributed by atoms with Crippen molar-refractivity contribution in [2.75, 3.05) is 0 Å². The van der Waals surface area contributed by atoms with Gasteiger partial charge in [-0.3, -0.25) is 0 Å². The molecule has 0 spiro atoms. The van der Waals surface area contributed by atoms with E-state index in [1.54, 1.807) is 12.1 Å². The Morgan fingerprint density at radius 3 is 1.42 bits per heavy atom. The van der Waals surface area contributed by atoms with Gasteiger partial charge in [-0.05, 0) is 0 Å². The van der Waals surface area contributed by atoms with Gasteiger partial charge in [0.15, 0.2) is 0 Å². The number of halogens is 8. The van der Waals surface area contributed by atoms with E-state index >= 15 is 0 Å². The molecule has 0 aliphatic heterocycles. The van der Waals surface area contributed by atoms with Crippen molar-refractivity contribution in [3.63, 3.8) is 0 Å². The quantitative estimate of drug-likeness (QED) is 0.154. The second kappa shape index (κ2) is 18.1. The summed E-state index contributed by atoms with van der Waals surface area (Å²) in [5.41, 5.74) is 8.49. The maximum atomic E-state index is 14.8. The van der Waals surface area contributed by atoms with Gasteiger partial charge in [0.25, 0.3) is 0 Å². The molecule has 0 heterocycles. The van der Waals surface area contributed by atoms with Crippen LogP contribution < -0.4 is 28.1 Å². The van der Waals surface area contributed by atoms with Crippen molar-refractivity contribution in [1.82, 2.24) is 0 Å². The summed E-state index contributed by atoms with van der Waals surface area (Å²) in [6.45, 7) is 35.5. The molecule has 1 unspecified atom stereocenters. The van der Waals surface area contributed by atoms with Crippen molar-refractivity contribution in [1.29, 1.82) is 0 Å². The number of benzene rings is 4. The molecule has 4 aromatic carbocycles. The second-order valence-electron chi connectivity index (χ2n) is 22.8. The summed E-state index contributed by atoms with van der Waals surface area (Å²) in [6.07, 6.45) is -3.28. The molecular formula is C55H66Cl2F6Zr. The van der Waals surface area contributed by atoms with E-state index in [1.165, 1.54) is 69.8 Å². The third-order valence-corrected chi connectivity index (χ3v) is 20.6. The van der Waals surface area contributed by atoms with Gasteiger partial charge in [-0.1, -0.05) is 0 Å². The van der Waals surface area contributed by atoms with Gasteiger partial charge in [0.05, 0.1) is 0 Å². The van der Waals surface area contributed by atoms with Gasteiger partial charge >= 0.3 is 378 Å². The first-order chi connectivity index (χ1) is 28.1. The molecule has 9 heteroatoms. The van der Waals surface area contributed by atoms with Crippen molar-refractivity contribution in [3.8, 4) is 11.1 Å². The van der Waals surface area contributed by atoms with Crippen LogP contribution in [0.2, 0.25) is 0 Å². The van der Waals surface area contributed by atoms with E-state index in [1.807, 2.05) is 0 Å². The number of fused-ring (bicyclic) bond motifs is 3. The fraction of sp³-hybridized carbons (Fsp3) is 0.473. The molecule has 64 heavy (non-hydrogen) atoms. The topological polar surface area (TPSA) is 0 Å². The summed E-state index contributed by atoms with van der Waals surface area (Å²) < 4.78 is 91.7. The van der Waals surface area contributed by atoms with Gasteiger partial charge in [0.2, 0.25) is 0 Å². The molecule has 0 amide bonds. The molecule has 0 nitrogen and oxygen atoms in total. The van der Waals surface area contributed by atoms with Crippen molar-refractivity contribution < 1.29 is 72.4 Å². The van der Waals surface area contributed by atoms with Gasteiger partial charge in [-0.15, -0.1) is 0 Å². The summed E-state index contributed by atoms with van der Waals surface area (Å²) in [7, 11) is 0. The first kappa shape index (κ1) is 53.9. The van der Waals surface area contributed by atoms with Crippen LogP contribution in [0.25, 0.3) is 11.1 Å². The van der Waals surface area contributed by atoms with E-state index in [2.05, 4.69) is 141 Å². The average molecular weight is 1000 g/mol. The zero-order valence-electron chi connectivity index (χ0n) is 40.5. The molecule has 2 aliphatic carbocycles. The molecule has 0 bridgehead atoms. The van der Waals surface area contributed by atoms with E-state index in [0.717, 1.165) is 29.7 Å². The van der Waals surface area contributed by atoms with Crippen LogP contribution in [0.1, 0.15) is 173 Å².